The van der Waals surface area contributed by atoms with Crippen molar-refractivity contribution in [3.63, 3.8) is 0 Å². The number of hydrogen-bond donors (Lipinski definition) is 7. The van der Waals surface area contributed by atoms with Crippen molar-refractivity contribution in [1.29, 1.82) is 0 Å². The van der Waals surface area contributed by atoms with Crippen LogP contribution < -0.4 is 27.0 Å². The molecule has 19 nitrogen and oxygen atoms in total. The predicted octanol–water partition coefficient (Wildman–Crippen LogP) is 5.42. The van der Waals surface area contributed by atoms with Crippen molar-refractivity contribution in [1.82, 2.24) is 16.0 Å². The highest BCUT2D eigenvalue weighted by Gasteiger charge is 2.76. The van der Waals surface area contributed by atoms with Gasteiger partial charge >= 0.3 is 13.9 Å². The van der Waals surface area contributed by atoms with Gasteiger partial charge in [0.05, 0.1) is 18.8 Å². The summed E-state index contributed by atoms with van der Waals surface area (Å²) in [5.74, 6) is 3.15. The number of rotatable bonds is 22. The highest BCUT2D eigenvalue weighted by atomic mass is 31.2. The molecule has 1 aromatic rings. The predicted molar refractivity (Wildman–Crippen MR) is 268 cm³/mol. The Morgan fingerprint density at radius 1 is 1.01 bits per heavy atom. The van der Waals surface area contributed by atoms with Crippen LogP contribution in [0.1, 0.15) is 124 Å². The Morgan fingerprint density at radius 2 is 1.78 bits per heavy atom. The summed E-state index contributed by atoms with van der Waals surface area (Å²) in [5, 5.41) is 22.7. The van der Waals surface area contributed by atoms with Crippen LogP contribution in [0.4, 0.5) is 10.5 Å². The molecule has 8 N–H and O–H groups in total. The number of anilines is 1. The first-order chi connectivity index (χ1) is 34.7. The maximum atomic E-state index is 14.6. The molecule has 1 saturated heterocycles. The monoisotopic (exact) mass is 1040 g/mol. The number of aliphatic hydroxyl groups is 1. The van der Waals surface area contributed by atoms with Gasteiger partial charge in [0, 0.05) is 35.4 Å². The van der Waals surface area contributed by atoms with E-state index in [0.717, 1.165) is 44.1 Å². The normalized spacial score (nSPS) is 31.8. The minimum absolute atomic E-state index is 0.0149. The molecule has 1 aliphatic heterocycles. The Bertz CT molecular complexity index is 2400. The molecule has 1 aromatic carbocycles. The number of carbonyl (C=O) groups excluding carboxylic acids is 6. The van der Waals surface area contributed by atoms with Gasteiger partial charge in [-0.3, -0.25) is 33.0 Å². The van der Waals surface area contributed by atoms with E-state index < -0.39 is 97.6 Å². The number of fused-ring (bicyclic) bond motifs is 7. The molecular weight excluding hydrogens is 962 g/mol. The summed E-state index contributed by atoms with van der Waals surface area (Å²) in [7, 11) is -4.85. The second kappa shape index (κ2) is 23.8. The van der Waals surface area contributed by atoms with Gasteiger partial charge in [0.1, 0.15) is 31.4 Å². The molecule has 3 saturated carbocycles. The van der Waals surface area contributed by atoms with Crippen LogP contribution in [0.25, 0.3) is 0 Å². The van der Waals surface area contributed by atoms with Crippen LogP contribution in [-0.4, -0.2) is 107 Å². The van der Waals surface area contributed by atoms with E-state index in [2.05, 4.69) is 40.0 Å². The fourth-order valence-electron chi connectivity index (χ4n) is 12.4. The van der Waals surface area contributed by atoms with Crippen LogP contribution in [0.2, 0.25) is 0 Å². The molecule has 0 radical (unpaired) electrons. The quantitative estimate of drug-likeness (QED) is 0.0434. The van der Waals surface area contributed by atoms with Crippen LogP contribution in [0.3, 0.4) is 0 Å². The summed E-state index contributed by atoms with van der Waals surface area (Å²) in [4.78, 5) is 89.5. The fourth-order valence-corrected chi connectivity index (χ4v) is 13.1. The van der Waals surface area contributed by atoms with Crippen LogP contribution in [-0.2, 0) is 58.4 Å². The topological polar surface area (TPSA) is 280 Å². The first kappa shape index (κ1) is 56.0. The van der Waals surface area contributed by atoms with Crippen molar-refractivity contribution in [2.75, 3.05) is 25.1 Å². The Kier molecular flexibility index (Phi) is 18.3. The molecule has 7 rings (SSSR count). The second-order valence-corrected chi connectivity index (χ2v) is 22.7. The van der Waals surface area contributed by atoms with E-state index in [0.29, 0.717) is 36.9 Å². The number of benzene rings is 1. The van der Waals surface area contributed by atoms with Crippen LogP contribution >= 0.6 is 7.82 Å². The van der Waals surface area contributed by atoms with Crippen molar-refractivity contribution in [2.24, 2.45) is 40.2 Å². The number of nitrogens with two attached hydrogens (primary N) is 1. The van der Waals surface area contributed by atoms with E-state index >= 15 is 0 Å². The Hall–Kier alpha value is -4.77. The van der Waals surface area contributed by atoms with Crippen LogP contribution in [0.5, 0.6) is 0 Å². The molecule has 4 fully saturated rings. The summed E-state index contributed by atoms with van der Waals surface area (Å²) >= 11 is 0. The van der Waals surface area contributed by atoms with E-state index in [1.807, 2.05) is 19.9 Å². The van der Waals surface area contributed by atoms with E-state index in [1.165, 1.54) is 12.1 Å². The molecule has 20 heteroatoms. The summed E-state index contributed by atoms with van der Waals surface area (Å²) in [6.45, 7) is 8.16. The number of nitrogens with one attached hydrogen (secondary N) is 4. The van der Waals surface area contributed by atoms with Gasteiger partial charge in [-0.05, 0) is 112 Å². The SMILES string of the molecule is CCCC1O[C@@H]2C[C@H]3[C@@H]4CCC5=CC(=O)C=C[C@]5(C)[C@H]4[C@@H](O)C[C@]3(C)[C@]2(C(=O)COP(=O)(O)OCc2ccc(NC(=O)[C@H](CCCNC(N)=O)NC(=O)[C@@H](NC(=O)COC3C#CCCCCC3)C(C)C)cc2)O1. The minimum Gasteiger partial charge on any atom is -0.393 e. The van der Waals surface area contributed by atoms with E-state index in [9.17, 15) is 43.3 Å². The van der Waals surface area contributed by atoms with Gasteiger partial charge in [-0.15, -0.1) is 5.92 Å². The Labute approximate surface area is 427 Å². The molecule has 0 spiro atoms. The van der Waals surface area contributed by atoms with Crippen molar-refractivity contribution >= 4 is 48.8 Å². The number of ketones is 2. The number of hydrogen-bond acceptors (Lipinski definition) is 13. The number of phosphoric ester groups is 1. The third-order valence-electron chi connectivity index (χ3n) is 16.0. The third-order valence-corrected chi connectivity index (χ3v) is 16.9. The number of Topliss-reactive ketones (excluding diaryl/α,β-unsaturated/α-hetero) is 1. The highest BCUT2D eigenvalue weighted by molar-refractivity contribution is 7.47. The summed E-state index contributed by atoms with van der Waals surface area (Å²) in [5.41, 5.74) is 3.97. The van der Waals surface area contributed by atoms with Gasteiger partial charge in [-0.1, -0.05) is 77.2 Å². The first-order valence-electron chi connectivity index (χ1n) is 25.9. The molecule has 0 aromatic heterocycles. The van der Waals surface area contributed by atoms with Gasteiger partial charge < -0.3 is 51.2 Å². The molecule has 73 heavy (non-hydrogen) atoms. The maximum Gasteiger partial charge on any atom is 0.472 e. The van der Waals surface area contributed by atoms with Gasteiger partial charge in [0.15, 0.2) is 23.5 Å². The van der Waals surface area contributed by atoms with Crippen molar-refractivity contribution in [3.8, 4) is 11.8 Å². The number of primary amides is 1. The molecule has 5 aliphatic carbocycles. The number of amides is 5. The summed E-state index contributed by atoms with van der Waals surface area (Å²) in [6.07, 6.45) is 10.8. The zero-order chi connectivity index (χ0) is 52.7. The molecule has 400 valence electrons. The number of aliphatic hydroxyl groups excluding tert-OH is 1. The van der Waals surface area contributed by atoms with Gasteiger partial charge in [0.2, 0.25) is 17.7 Å². The average molecular weight is 1040 g/mol. The lowest BCUT2D eigenvalue weighted by molar-refractivity contribution is -0.200. The smallest absolute Gasteiger partial charge is 0.393 e. The summed E-state index contributed by atoms with van der Waals surface area (Å²) < 4.78 is 43.0. The van der Waals surface area contributed by atoms with Crippen molar-refractivity contribution < 1.29 is 66.6 Å². The number of carbonyl (C=O) groups is 6. The van der Waals surface area contributed by atoms with E-state index in [4.69, 9.17) is 29.0 Å². The van der Waals surface area contributed by atoms with Gasteiger partial charge in [-0.25, -0.2) is 9.36 Å². The third kappa shape index (κ3) is 12.7. The highest BCUT2D eigenvalue weighted by Crippen LogP contribution is 2.70. The number of ether oxygens (including phenoxy) is 3. The van der Waals surface area contributed by atoms with E-state index in [1.54, 1.807) is 38.1 Å². The molecule has 13 atom stereocenters. The van der Waals surface area contributed by atoms with Crippen molar-refractivity contribution in [3.05, 3.63) is 53.6 Å². The standard InChI is InChI=1S/C53H74N5O14P/c1-6-13-45-71-43-27-39-38-22-19-34-26-36(59)23-24-51(34,4)46(38)41(60)28-52(39,5)53(43,72-45)42(61)30-70-73(66,67)69-29-33-17-20-35(21-18-33)56-48(63)40(16-12-25-55-50(54)65)57-49(64)47(32(2)3)58-44(62)31-68-37-14-10-8-7-9-11-15-37/h17-18,20-21,23-24,26,32,37-41,43,45-47,60H,6-10,12-14,16,19,22,25,27-31H2,1-5H3,(H,56,63)(H,57,64)(H,58,62)(H,66,67)(H3,54,55,65)/t37?,38-,39-,40-,41-,43+,45?,46+,47-,51-,52-,53+/m0/s1. The molecular formula is C53H74N5O14P. The summed E-state index contributed by atoms with van der Waals surface area (Å²) in [6, 6.07) is 3.32. The fraction of sp³-hybridized carbons (Fsp3) is 0.660. The lowest BCUT2D eigenvalue weighted by atomic mass is 9.46. The van der Waals surface area contributed by atoms with Gasteiger partial charge in [0.25, 0.3) is 0 Å². The largest absolute Gasteiger partial charge is 0.472 e. The average Bonchev–Trinajstić information content (AvgIpc) is 3.81. The van der Waals surface area contributed by atoms with Crippen molar-refractivity contribution in [2.45, 2.75) is 167 Å². The van der Waals surface area contributed by atoms with Gasteiger partial charge in [-0.2, -0.15) is 0 Å². The maximum absolute atomic E-state index is 14.6. The zero-order valence-electron chi connectivity index (χ0n) is 42.7. The molecule has 6 aliphatic rings. The number of allylic oxidation sites excluding steroid dienone is 4. The Morgan fingerprint density at radius 3 is 2.51 bits per heavy atom. The zero-order valence-corrected chi connectivity index (χ0v) is 43.5. The lowest BCUT2D eigenvalue weighted by Crippen LogP contribution is -2.63. The molecule has 3 unspecified atom stereocenters. The van der Waals surface area contributed by atoms with Crippen LogP contribution in [0, 0.1) is 46.3 Å². The lowest BCUT2D eigenvalue weighted by Gasteiger charge is -2.59. The van der Waals surface area contributed by atoms with E-state index in [-0.39, 0.29) is 68.0 Å². The molecule has 0 bridgehead atoms. The Balaban J connectivity index is 0.951. The minimum atomic E-state index is -4.85. The van der Waals surface area contributed by atoms with Crippen LogP contribution in [0.15, 0.2) is 48.1 Å². The first-order valence-corrected chi connectivity index (χ1v) is 27.4. The molecule has 1 heterocycles. The second-order valence-electron chi connectivity index (χ2n) is 21.3. The number of phosphoric acid groups is 1. The molecule has 5 amide bonds. The number of urea groups is 1.